The molecule has 0 aromatic carbocycles. The van der Waals surface area contributed by atoms with Gasteiger partial charge in [-0.15, -0.1) is 0 Å². The van der Waals surface area contributed by atoms with Gasteiger partial charge in [-0.25, -0.2) is 4.79 Å². The maximum absolute atomic E-state index is 11.9. The van der Waals surface area contributed by atoms with E-state index in [1.807, 2.05) is 13.8 Å². The Bertz CT molecular complexity index is 338. The van der Waals surface area contributed by atoms with E-state index in [-0.39, 0.29) is 29.8 Å². The molecule has 2 amide bonds. The molecule has 0 bridgehead atoms. The first-order valence-corrected chi connectivity index (χ1v) is 7.16. The Labute approximate surface area is 120 Å². The quantitative estimate of drug-likeness (QED) is 0.692. The van der Waals surface area contributed by atoms with Crippen LogP contribution in [0.15, 0.2) is 0 Å². The van der Waals surface area contributed by atoms with Crippen molar-refractivity contribution in [3.63, 3.8) is 0 Å². The second kappa shape index (κ2) is 7.47. The zero-order valence-corrected chi connectivity index (χ0v) is 12.6. The highest BCUT2D eigenvalue weighted by atomic mass is 16.5. The molecule has 116 valence electrons. The summed E-state index contributed by atoms with van der Waals surface area (Å²) < 4.78 is 5.32. The third kappa shape index (κ3) is 5.77. The van der Waals surface area contributed by atoms with Crippen LogP contribution >= 0.6 is 0 Å². The van der Waals surface area contributed by atoms with Gasteiger partial charge >= 0.3 is 12.0 Å². The summed E-state index contributed by atoms with van der Waals surface area (Å²) in [6.45, 7) is 7.97. The van der Waals surface area contributed by atoms with Gasteiger partial charge in [0.05, 0.1) is 6.42 Å². The van der Waals surface area contributed by atoms with E-state index in [1.54, 1.807) is 0 Å². The summed E-state index contributed by atoms with van der Waals surface area (Å²) in [6, 6.07) is -0.646. The number of carbonyl (C=O) groups excluding carboxylic acids is 1. The maximum Gasteiger partial charge on any atom is 0.315 e. The summed E-state index contributed by atoms with van der Waals surface area (Å²) in [4.78, 5) is 22.6. The monoisotopic (exact) mass is 286 g/mol. The van der Waals surface area contributed by atoms with Gasteiger partial charge in [0.1, 0.15) is 0 Å². The SMILES string of the molecule is CC(C)C(CC(=O)O)NC(=O)NCC1(C)CCOCC1. The topological polar surface area (TPSA) is 87.7 Å². The van der Waals surface area contributed by atoms with E-state index in [0.717, 1.165) is 26.1 Å². The van der Waals surface area contributed by atoms with Gasteiger partial charge in [-0.05, 0) is 24.2 Å². The van der Waals surface area contributed by atoms with Crippen molar-refractivity contribution >= 4 is 12.0 Å². The number of hydrogen-bond donors (Lipinski definition) is 3. The highest BCUT2D eigenvalue weighted by Crippen LogP contribution is 2.28. The van der Waals surface area contributed by atoms with Crippen LogP contribution in [0.25, 0.3) is 0 Å². The fourth-order valence-corrected chi connectivity index (χ4v) is 2.20. The molecule has 20 heavy (non-hydrogen) atoms. The number of rotatable bonds is 6. The molecule has 0 aliphatic carbocycles. The molecule has 1 saturated heterocycles. The fourth-order valence-electron chi connectivity index (χ4n) is 2.20. The summed E-state index contributed by atoms with van der Waals surface area (Å²) >= 11 is 0. The van der Waals surface area contributed by atoms with E-state index in [1.165, 1.54) is 0 Å². The van der Waals surface area contributed by atoms with E-state index in [4.69, 9.17) is 9.84 Å². The van der Waals surface area contributed by atoms with Crippen LogP contribution in [0.2, 0.25) is 0 Å². The molecule has 6 heteroatoms. The lowest BCUT2D eigenvalue weighted by Gasteiger charge is -2.33. The van der Waals surface area contributed by atoms with Crippen molar-refractivity contribution < 1.29 is 19.4 Å². The van der Waals surface area contributed by atoms with Gasteiger partial charge in [0.25, 0.3) is 0 Å². The van der Waals surface area contributed by atoms with Crippen LogP contribution < -0.4 is 10.6 Å². The number of carbonyl (C=O) groups is 2. The van der Waals surface area contributed by atoms with Crippen molar-refractivity contribution in [1.82, 2.24) is 10.6 Å². The van der Waals surface area contributed by atoms with Crippen LogP contribution in [-0.2, 0) is 9.53 Å². The summed E-state index contributed by atoms with van der Waals surface area (Å²) in [5.74, 6) is -0.823. The Hall–Kier alpha value is -1.30. The molecule has 0 radical (unpaired) electrons. The normalized spacial score (nSPS) is 19.4. The van der Waals surface area contributed by atoms with Crippen LogP contribution in [0.3, 0.4) is 0 Å². The number of carboxylic acid groups (broad SMARTS) is 1. The average Bonchev–Trinajstić information content (AvgIpc) is 2.36. The molecule has 1 aliphatic rings. The van der Waals surface area contributed by atoms with Crippen LogP contribution in [-0.4, -0.2) is 42.9 Å². The molecule has 1 atom stereocenters. The molecule has 0 aromatic rings. The Balaban J connectivity index is 2.39. The van der Waals surface area contributed by atoms with E-state index < -0.39 is 5.97 Å². The average molecular weight is 286 g/mol. The maximum atomic E-state index is 11.9. The van der Waals surface area contributed by atoms with Gasteiger partial charge in [0, 0.05) is 25.8 Å². The summed E-state index contributed by atoms with van der Waals surface area (Å²) in [5.41, 5.74) is 0.0652. The third-order valence-corrected chi connectivity index (χ3v) is 3.89. The zero-order valence-electron chi connectivity index (χ0n) is 12.6. The Morgan fingerprint density at radius 1 is 1.30 bits per heavy atom. The van der Waals surface area contributed by atoms with Gasteiger partial charge in [-0.1, -0.05) is 20.8 Å². The molecular weight excluding hydrogens is 260 g/mol. The first kappa shape index (κ1) is 16.8. The van der Waals surface area contributed by atoms with Crippen molar-refractivity contribution in [3.8, 4) is 0 Å². The van der Waals surface area contributed by atoms with Crippen LogP contribution in [0.4, 0.5) is 4.79 Å². The number of hydrogen-bond acceptors (Lipinski definition) is 3. The minimum absolute atomic E-state index is 0.0593. The third-order valence-electron chi connectivity index (χ3n) is 3.89. The van der Waals surface area contributed by atoms with Crippen molar-refractivity contribution in [2.24, 2.45) is 11.3 Å². The molecule has 1 rings (SSSR count). The van der Waals surface area contributed by atoms with E-state index in [0.29, 0.717) is 6.54 Å². The molecule has 0 saturated carbocycles. The van der Waals surface area contributed by atoms with Gasteiger partial charge in [0.15, 0.2) is 0 Å². The number of carboxylic acids is 1. The second-order valence-corrected chi connectivity index (χ2v) is 6.20. The smallest absolute Gasteiger partial charge is 0.315 e. The van der Waals surface area contributed by atoms with Crippen LogP contribution in [0.1, 0.15) is 40.0 Å². The zero-order chi connectivity index (χ0) is 15.2. The van der Waals surface area contributed by atoms with Gasteiger partial charge < -0.3 is 20.5 Å². The van der Waals surface area contributed by atoms with Gasteiger partial charge in [0.2, 0.25) is 0 Å². The first-order chi connectivity index (χ1) is 9.32. The lowest BCUT2D eigenvalue weighted by atomic mass is 9.82. The Morgan fingerprint density at radius 2 is 1.90 bits per heavy atom. The number of ether oxygens (including phenoxy) is 1. The molecule has 3 N–H and O–H groups in total. The predicted molar refractivity (Wildman–Crippen MR) is 75.6 cm³/mol. The number of urea groups is 1. The minimum Gasteiger partial charge on any atom is -0.481 e. The second-order valence-electron chi connectivity index (χ2n) is 6.20. The van der Waals surface area contributed by atoms with E-state index in [9.17, 15) is 9.59 Å². The van der Waals surface area contributed by atoms with Crippen molar-refractivity contribution in [2.75, 3.05) is 19.8 Å². The van der Waals surface area contributed by atoms with Crippen LogP contribution in [0, 0.1) is 11.3 Å². The van der Waals surface area contributed by atoms with Crippen molar-refractivity contribution in [1.29, 1.82) is 0 Å². The Morgan fingerprint density at radius 3 is 2.40 bits per heavy atom. The molecule has 1 heterocycles. The van der Waals surface area contributed by atoms with E-state index >= 15 is 0 Å². The highest BCUT2D eigenvalue weighted by molar-refractivity contribution is 5.75. The Kier molecular flexibility index (Phi) is 6.26. The largest absolute Gasteiger partial charge is 0.481 e. The summed E-state index contributed by atoms with van der Waals surface area (Å²) in [7, 11) is 0. The molecule has 6 nitrogen and oxygen atoms in total. The molecule has 1 unspecified atom stereocenters. The van der Waals surface area contributed by atoms with Gasteiger partial charge in [-0.2, -0.15) is 0 Å². The summed E-state index contributed by atoms with van der Waals surface area (Å²) in [5, 5.41) is 14.4. The molecule has 0 spiro atoms. The summed E-state index contributed by atoms with van der Waals surface area (Å²) in [6.07, 6.45) is 1.79. The molecule has 1 aliphatic heterocycles. The number of amides is 2. The van der Waals surface area contributed by atoms with Crippen molar-refractivity contribution in [2.45, 2.75) is 46.1 Å². The molecule has 1 fully saturated rings. The van der Waals surface area contributed by atoms with Gasteiger partial charge in [-0.3, -0.25) is 4.79 Å². The van der Waals surface area contributed by atoms with Crippen LogP contribution in [0.5, 0.6) is 0 Å². The fraction of sp³-hybridized carbons (Fsp3) is 0.857. The number of nitrogens with one attached hydrogen (secondary N) is 2. The highest BCUT2D eigenvalue weighted by Gasteiger charge is 2.28. The number of aliphatic carboxylic acids is 1. The lowest BCUT2D eigenvalue weighted by Crippen LogP contribution is -2.48. The standard InChI is InChI=1S/C14H26N2O4/c1-10(2)11(8-12(17)18)16-13(19)15-9-14(3)4-6-20-7-5-14/h10-11H,4-9H2,1-3H3,(H,17,18)(H2,15,16,19). The first-order valence-electron chi connectivity index (χ1n) is 7.16. The minimum atomic E-state index is -0.902. The molecular formula is C14H26N2O4. The predicted octanol–water partition coefficient (Wildman–Crippen LogP) is 1.60. The van der Waals surface area contributed by atoms with E-state index in [2.05, 4.69) is 17.6 Å². The molecule has 0 aromatic heterocycles. The van der Waals surface area contributed by atoms with Crippen molar-refractivity contribution in [3.05, 3.63) is 0 Å². The lowest BCUT2D eigenvalue weighted by molar-refractivity contribution is -0.137.